The Balaban J connectivity index is 2.15. The molecule has 0 aliphatic rings. The van der Waals surface area contributed by atoms with Crippen LogP contribution in [0.1, 0.15) is 49.4 Å². The number of amides is 2. The van der Waals surface area contributed by atoms with Gasteiger partial charge in [0.05, 0.1) is 43.3 Å². The number of carbonyl (C=O) groups excluding carboxylic acids is 3. The summed E-state index contributed by atoms with van der Waals surface area (Å²) in [5, 5.41) is 0. The topological polar surface area (TPSA) is 116 Å². The molecule has 2 N–H and O–H groups in total. The summed E-state index contributed by atoms with van der Waals surface area (Å²) < 4.78 is 15.3. The van der Waals surface area contributed by atoms with E-state index in [-0.39, 0.29) is 23.3 Å². The minimum absolute atomic E-state index is 0.145. The van der Waals surface area contributed by atoms with Crippen molar-refractivity contribution in [3.63, 3.8) is 0 Å². The van der Waals surface area contributed by atoms with Crippen molar-refractivity contribution in [2.24, 2.45) is 0 Å². The number of nitrogens with zero attached hydrogens (tertiary/aromatic N) is 1. The van der Waals surface area contributed by atoms with Crippen LogP contribution < -0.4 is 20.3 Å². The highest BCUT2D eigenvalue weighted by molar-refractivity contribution is 6.01. The third-order valence-electron chi connectivity index (χ3n) is 4.08. The normalized spacial score (nSPS) is 10.1. The van der Waals surface area contributed by atoms with Gasteiger partial charge in [0.15, 0.2) is 11.5 Å². The van der Waals surface area contributed by atoms with Crippen molar-refractivity contribution < 1.29 is 28.6 Å². The third-order valence-corrected chi connectivity index (χ3v) is 4.08. The molecular formula is C20H23N3O6. The molecule has 0 aliphatic heterocycles. The first-order valence-corrected chi connectivity index (χ1v) is 8.80. The number of hydrogen-bond acceptors (Lipinski definition) is 7. The van der Waals surface area contributed by atoms with Crippen LogP contribution in [0, 0.1) is 13.8 Å². The Labute approximate surface area is 168 Å². The van der Waals surface area contributed by atoms with E-state index in [0.717, 1.165) is 0 Å². The highest BCUT2D eigenvalue weighted by Crippen LogP contribution is 2.27. The van der Waals surface area contributed by atoms with Gasteiger partial charge in [0, 0.05) is 5.56 Å². The maximum absolute atomic E-state index is 12.5. The molecule has 0 unspecified atom stereocenters. The van der Waals surface area contributed by atoms with Gasteiger partial charge in [-0.15, -0.1) is 0 Å². The highest BCUT2D eigenvalue weighted by atomic mass is 16.5. The van der Waals surface area contributed by atoms with Gasteiger partial charge in [-0.25, -0.2) is 4.79 Å². The van der Waals surface area contributed by atoms with Crippen molar-refractivity contribution in [3.05, 3.63) is 52.3 Å². The van der Waals surface area contributed by atoms with Crippen LogP contribution in [0.2, 0.25) is 0 Å². The van der Waals surface area contributed by atoms with E-state index in [2.05, 4.69) is 15.8 Å². The van der Waals surface area contributed by atoms with E-state index in [0.29, 0.717) is 22.9 Å². The Hall–Kier alpha value is -3.62. The van der Waals surface area contributed by atoms with E-state index in [4.69, 9.17) is 14.2 Å². The lowest BCUT2D eigenvalue weighted by Gasteiger charge is -2.13. The van der Waals surface area contributed by atoms with Crippen LogP contribution >= 0.6 is 0 Å². The van der Waals surface area contributed by atoms with E-state index in [1.165, 1.54) is 32.4 Å². The molecule has 2 amide bonds. The van der Waals surface area contributed by atoms with Gasteiger partial charge in [-0.2, -0.15) is 0 Å². The fourth-order valence-corrected chi connectivity index (χ4v) is 2.60. The molecule has 2 rings (SSSR count). The van der Waals surface area contributed by atoms with Crippen molar-refractivity contribution in [2.45, 2.75) is 20.8 Å². The Bertz CT molecular complexity index is 942. The first-order valence-electron chi connectivity index (χ1n) is 8.80. The van der Waals surface area contributed by atoms with Gasteiger partial charge in [-0.3, -0.25) is 25.4 Å². The van der Waals surface area contributed by atoms with E-state index in [1.807, 2.05) is 0 Å². The van der Waals surface area contributed by atoms with E-state index < -0.39 is 17.8 Å². The Kier molecular flexibility index (Phi) is 7.13. The lowest BCUT2D eigenvalue weighted by atomic mass is 10.1. The standard InChI is InChI=1S/C20H23N3O6/c1-6-29-20(26)15-10-14(11(2)21-12(15)3)19(25)23-22-18(24)13-7-8-16(27-4)17(9-13)28-5/h7-10H,6H2,1-5H3,(H,22,24)(H,23,25). The molecule has 29 heavy (non-hydrogen) atoms. The smallest absolute Gasteiger partial charge is 0.339 e. The second-order valence-electron chi connectivity index (χ2n) is 5.95. The van der Waals surface area contributed by atoms with Crippen LogP contribution in [0.4, 0.5) is 0 Å². The van der Waals surface area contributed by atoms with Gasteiger partial charge < -0.3 is 14.2 Å². The summed E-state index contributed by atoms with van der Waals surface area (Å²) in [4.78, 5) is 41.1. The van der Waals surface area contributed by atoms with E-state index in [1.54, 1.807) is 26.8 Å². The van der Waals surface area contributed by atoms with Crippen LogP contribution in [-0.2, 0) is 4.74 Å². The number of ether oxygens (including phenoxy) is 3. The number of hydrazine groups is 1. The summed E-state index contributed by atoms with van der Waals surface area (Å²) in [5.41, 5.74) is 6.09. The predicted molar refractivity (Wildman–Crippen MR) is 104 cm³/mol. The number of nitrogens with one attached hydrogen (secondary N) is 2. The molecule has 0 aliphatic carbocycles. The maximum atomic E-state index is 12.5. The minimum Gasteiger partial charge on any atom is -0.493 e. The summed E-state index contributed by atoms with van der Waals surface area (Å²) in [6, 6.07) is 5.99. The SMILES string of the molecule is CCOC(=O)c1cc(C(=O)NNC(=O)c2ccc(OC)c(OC)c2)c(C)nc1C. The first-order chi connectivity index (χ1) is 13.8. The van der Waals surface area contributed by atoms with Gasteiger partial charge >= 0.3 is 5.97 Å². The maximum Gasteiger partial charge on any atom is 0.339 e. The number of esters is 1. The molecule has 1 aromatic heterocycles. The second-order valence-corrected chi connectivity index (χ2v) is 5.95. The Morgan fingerprint density at radius 1 is 0.897 bits per heavy atom. The molecule has 154 valence electrons. The monoisotopic (exact) mass is 401 g/mol. The molecule has 0 spiro atoms. The van der Waals surface area contributed by atoms with Gasteiger partial charge in [0.1, 0.15) is 0 Å². The molecule has 0 saturated heterocycles. The van der Waals surface area contributed by atoms with Crippen LogP contribution in [0.15, 0.2) is 24.3 Å². The number of pyridine rings is 1. The van der Waals surface area contributed by atoms with E-state index in [9.17, 15) is 14.4 Å². The molecule has 0 saturated carbocycles. The fourth-order valence-electron chi connectivity index (χ4n) is 2.60. The van der Waals surface area contributed by atoms with Crippen molar-refractivity contribution in [3.8, 4) is 11.5 Å². The molecule has 0 bridgehead atoms. The number of hydrogen-bond donors (Lipinski definition) is 2. The zero-order valence-electron chi connectivity index (χ0n) is 16.9. The fraction of sp³-hybridized carbons (Fsp3) is 0.300. The van der Waals surface area contributed by atoms with Gasteiger partial charge in [0.25, 0.3) is 11.8 Å². The number of aryl methyl sites for hydroxylation is 2. The molecular weight excluding hydrogens is 378 g/mol. The molecule has 1 aromatic carbocycles. The van der Waals surface area contributed by atoms with Crippen molar-refractivity contribution >= 4 is 17.8 Å². The van der Waals surface area contributed by atoms with Crippen molar-refractivity contribution in [1.82, 2.24) is 15.8 Å². The number of aromatic nitrogens is 1. The molecule has 0 radical (unpaired) electrons. The van der Waals surface area contributed by atoms with E-state index >= 15 is 0 Å². The molecule has 9 heteroatoms. The number of rotatable bonds is 6. The number of carbonyl (C=O) groups is 3. The Morgan fingerprint density at radius 2 is 1.52 bits per heavy atom. The summed E-state index contributed by atoms with van der Waals surface area (Å²) in [5.74, 6) is -0.886. The average molecular weight is 401 g/mol. The van der Waals surface area contributed by atoms with Gasteiger partial charge in [-0.1, -0.05) is 0 Å². The third kappa shape index (κ3) is 5.01. The van der Waals surface area contributed by atoms with Crippen molar-refractivity contribution in [2.75, 3.05) is 20.8 Å². The molecule has 0 atom stereocenters. The molecule has 1 heterocycles. The minimum atomic E-state index is -0.616. The Morgan fingerprint density at radius 3 is 2.14 bits per heavy atom. The summed E-state index contributed by atoms with van der Waals surface area (Å²) in [7, 11) is 2.94. The summed E-state index contributed by atoms with van der Waals surface area (Å²) in [6.45, 7) is 5.17. The second kappa shape index (κ2) is 9.54. The average Bonchev–Trinajstić information content (AvgIpc) is 2.71. The molecule has 2 aromatic rings. The number of benzene rings is 1. The van der Waals surface area contributed by atoms with Crippen LogP contribution in [0.25, 0.3) is 0 Å². The quantitative estimate of drug-likeness (QED) is 0.561. The lowest BCUT2D eigenvalue weighted by Crippen LogP contribution is -2.42. The van der Waals surface area contributed by atoms with Gasteiger partial charge in [-0.05, 0) is 45.0 Å². The molecule has 9 nitrogen and oxygen atoms in total. The molecule has 0 fully saturated rings. The predicted octanol–water partition coefficient (Wildman–Crippen LogP) is 1.97. The highest BCUT2D eigenvalue weighted by Gasteiger charge is 2.19. The van der Waals surface area contributed by atoms with Crippen LogP contribution in [0.5, 0.6) is 11.5 Å². The number of methoxy groups -OCH3 is 2. The first kappa shape index (κ1) is 21.7. The largest absolute Gasteiger partial charge is 0.493 e. The van der Waals surface area contributed by atoms with Crippen molar-refractivity contribution in [1.29, 1.82) is 0 Å². The lowest BCUT2D eigenvalue weighted by molar-refractivity contribution is 0.0524. The zero-order valence-corrected chi connectivity index (χ0v) is 16.9. The van der Waals surface area contributed by atoms with Gasteiger partial charge in [0.2, 0.25) is 0 Å². The van der Waals surface area contributed by atoms with Crippen LogP contribution in [-0.4, -0.2) is 43.6 Å². The zero-order chi connectivity index (χ0) is 21.6. The summed E-state index contributed by atoms with van der Waals surface area (Å²) in [6.07, 6.45) is 0. The van der Waals surface area contributed by atoms with Crippen LogP contribution in [0.3, 0.4) is 0 Å². The summed E-state index contributed by atoms with van der Waals surface area (Å²) >= 11 is 0.